The molecule has 3 aromatic carbocycles. The monoisotopic (exact) mass is 406 g/mol. The molecule has 0 radical (unpaired) electrons. The van der Waals surface area contributed by atoms with Crippen LogP contribution in [0.2, 0.25) is 0 Å². The molecule has 0 fully saturated rings. The Morgan fingerprint density at radius 3 is 2.13 bits per heavy atom. The minimum absolute atomic E-state index is 0.490. The average Bonchev–Trinajstić information content (AvgIpc) is 3.10. The average molecular weight is 407 g/mol. The topological polar surface area (TPSA) is 8.17 Å². The first-order valence-electron chi connectivity index (χ1n) is 10.9. The van der Waals surface area contributed by atoms with Crippen molar-refractivity contribution in [2.24, 2.45) is 5.92 Å². The van der Waals surface area contributed by atoms with Gasteiger partial charge in [-0.2, -0.15) is 0 Å². The van der Waals surface area contributed by atoms with Crippen molar-refractivity contribution in [3.8, 4) is 5.69 Å². The van der Waals surface area contributed by atoms with E-state index in [4.69, 9.17) is 0 Å². The second-order valence-electron chi connectivity index (χ2n) is 8.17. The van der Waals surface area contributed by atoms with E-state index in [1.165, 1.54) is 39.2 Å². The molecule has 0 unspecified atom stereocenters. The van der Waals surface area contributed by atoms with Crippen molar-refractivity contribution in [3.05, 3.63) is 102 Å². The molecule has 0 aliphatic heterocycles. The summed E-state index contributed by atoms with van der Waals surface area (Å²) in [6, 6.07) is 27.9. The van der Waals surface area contributed by atoms with Crippen LogP contribution in [0.5, 0.6) is 0 Å². The molecular weight excluding hydrogens is 376 g/mol. The van der Waals surface area contributed by atoms with E-state index in [2.05, 4.69) is 140 Å². The van der Waals surface area contributed by atoms with Crippen molar-refractivity contribution in [2.45, 2.75) is 20.8 Å². The number of anilines is 2. The van der Waals surface area contributed by atoms with Crippen LogP contribution >= 0.6 is 0 Å². The zero-order valence-corrected chi connectivity index (χ0v) is 18.8. The van der Waals surface area contributed by atoms with Gasteiger partial charge in [0.1, 0.15) is 0 Å². The summed E-state index contributed by atoms with van der Waals surface area (Å²) in [5.74, 6) is 0.490. The Balaban J connectivity index is 1.98. The van der Waals surface area contributed by atoms with Gasteiger partial charge in [-0.05, 0) is 61.4 Å². The molecule has 31 heavy (non-hydrogen) atoms. The molecule has 0 aliphatic carbocycles. The number of nitrogens with zero attached hydrogens (tertiary/aromatic N) is 2. The highest BCUT2D eigenvalue weighted by Gasteiger charge is 2.16. The molecule has 0 aliphatic rings. The Labute approximate surface area is 185 Å². The van der Waals surface area contributed by atoms with Crippen LogP contribution < -0.4 is 4.90 Å². The van der Waals surface area contributed by atoms with Gasteiger partial charge in [-0.15, -0.1) is 0 Å². The predicted octanol–water partition coefficient (Wildman–Crippen LogP) is 8.10. The van der Waals surface area contributed by atoms with Crippen LogP contribution in [0.25, 0.3) is 28.7 Å². The second kappa shape index (κ2) is 9.09. The van der Waals surface area contributed by atoms with Gasteiger partial charge in [0.2, 0.25) is 0 Å². The highest BCUT2D eigenvalue weighted by atomic mass is 15.1. The van der Waals surface area contributed by atoms with Gasteiger partial charge in [0.15, 0.2) is 0 Å². The molecule has 0 saturated carbocycles. The molecule has 156 valence electrons. The van der Waals surface area contributed by atoms with Gasteiger partial charge in [-0.3, -0.25) is 0 Å². The third-order valence-corrected chi connectivity index (χ3v) is 5.55. The maximum atomic E-state index is 2.36. The van der Waals surface area contributed by atoms with Crippen molar-refractivity contribution < 1.29 is 0 Å². The molecule has 0 atom stereocenters. The van der Waals surface area contributed by atoms with Crippen LogP contribution in [0.4, 0.5) is 11.4 Å². The third kappa shape index (κ3) is 4.20. The number of allylic oxidation sites excluding steroid dienone is 2. The summed E-state index contributed by atoms with van der Waals surface area (Å²) in [6.45, 7) is 6.52. The number of aromatic nitrogens is 1. The summed E-state index contributed by atoms with van der Waals surface area (Å²) in [6.07, 6.45) is 8.91. The molecule has 0 N–H and O–H groups in total. The Morgan fingerprint density at radius 2 is 1.48 bits per heavy atom. The van der Waals surface area contributed by atoms with Gasteiger partial charge >= 0.3 is 0 Å². The molecule has 1 heterocycles. The molecule has 4 aromatic rings. The number of para-hydroxylation sites is 2. The number of fused-ring (bicyclic) bond motifs is 1. The first kappa shape index (κ1) is 20.7. The normalized spacial score (nSPS) is 11.9. The molecular formula is C29H30N2. The van der Waals surface area contributed by atoms with E-state index >= 15 is 0 Å². The fraction of sp³-hybridized carbons (Fsp3) is 0.172. The van der Waals surface area contributed by atoms with Crippen LogP contribution in [-0.2, 0) is 0 Å². The van der Waals surface area contributed by atoms with Gasteiger partial charge in [0, 0.05) is 35.1 Å². The van der Waals surface area contributed by atoms with E-state index in [9.17, 15) is 0 Å². The lowest BCUT2D eigenvalue weighted by Gasteiger charge is -2.19. The van der Waals surface area contributed by atoms with Crippen molar-refractivity contribution in [2.75, 3.05) is 11.9 Å². The summed E-state index contributed by atoms with van der Waals surface area (Å²) in [5.41, 5.74) is 7.21. The Hall–Kier alpha value is -3.52. The Morgan fingerprint density at radius 1 is 0.806 bits per heavy atom. The summed E-state index contributed by atoms with van der Waals surface area (Å²) in [5, 5.41) is 1.26. The number of rotatable bonds is 6. The fourth-order valence-corrected chi connectivity index (χ4v) is 3.97. The molecule has 0 amide bonds. The lowest BCUT2D eigenvalue weighted by atomic mass is 10.1. The first-order valence-corrected chi connectivity index (χ1v) is 10.9. The summed E-state index contributed by atoms with van der Waals surface area (Å²) < 4.78 is 2.36. The second-order valence-corrected chi connectivity index (χ2v) is 8.17. The van der Waals surface area contributed by atoms with Gasteiger partial charge in [0.05, 0.1) is 11.2 Å². The van der Waals surface area contributed by atoms with Gasteiger partial charge in [0.25, 0.3) is 0 Å². The largest absolute Gasteiger partial charge is 0.345 e. The van der Waals surface area contributed by atoms with E-state index in [1.807, 2.05) is 0 Å². The van der Waals surface area contributed by atoms with E-state index in [0.717, 1.165) is 0 Å². The van der Waals surface area contributed by atoms with Crippen LogP contribution in [0.1, 0.15) is 32.0 Å². The van der Waals surface area contributed by atoms with Crippen LogP contribution in [0.15, 0.2) is 91.0 Å². The molecule has 2 heteroatoms. The number of hydrogen-bond donors (Lipinski definition) is 0. The fourth-order valence-electron chi connectivity index (χ4n) is 3.97. The number of benzene rings is 3. The van der Waals surface area contributed by atoms with Gasteiger partial charge in [-0.25, -0.2) is 0 Å². The molecule has 0 spiro atoms. The summed E-state index contributed by atoms with van der Waals surface area (Å²) >= 11 is 0. The Bertz CT molecular complexity index is 1210. The summed E-state index contributed by atoms with van der Waals surface area (Å²) in [4.78, 5) is 2.24. The van der Waals surface area contributed by atoms with Crippen LogP contribution in [0, 0.1) is 5.92 Å². The van der Waals surface area contributed by atoms with Crippen LogP contribution in [-0.4, -0.2) is 11.6 Å². The van der Waals surface area contributed by atoms with E-state index in [0.29, 0.717) is 5.92 Å². The SMILES string of the molecule is C/C=C\c1c(/C=C/C(C)C)c2cc(N(C)c3ccccc3)ccc2n1-c1ccccc1. The standard InChI is InChI=1S/C29H30N2/c1-5-12-28-26(19-17-22(2)3)27-21-25(30(4)23-13-8-6-9-14-23)18-20-29(27)31(28)24-15-10-7-11-16-24/h5-22H,1-4H3/b12-5-,19-17+. The zero-order chi connectivity index (χ0) is 21.8. The van der Waals surface area contributed by atoms with Gasteiger partial charge < -0.3 is 9.47 Å². The van der Waals surface area contributed by atoms with Gasteiger partial charge in [-0.1, -0.05) is 68.5 Å². The lowest BCUT2D eigenvalue weighted by Crippen LogP contribution is -2.08. The minimum Gasteiger partial charge on any atom is -0.345 e. The smallest absolute Gasteiger partial charge is 0.0542 e. The van der Waals surface area contributed by atoms with Crippen molar-refractivity contribution >= 4 is 34.4 Å². The molecule has 1 aromatic heterocycles. The summed E-state index contributed by atoms with van der Waals surface area (Å²) in [7, 11) is 2.13. The zero-order valence-electron chi connectivity index (χ0n) is 18.8. The molecule has 2 nitrogen and oxygen atoms in total. The molecule has 0 saturated heterocycles. The van der Waals surface area contributed by atoms with E-state index < -0.39 is 0 Å². The Kier molecular flexibility index (Phi) is 6.08. The lowest BCUT2D eigenvalue weighted by molar-refractivity contribution is 0.836. The van der Waals surface area contributed by atoms with Crippen molar-refractivity contribution in [1.82, 2.24) is 4.57 Å². The third-order valence-electron chi connectivity index (χ3n) is 5.55. The van der Waals surface area contributed by atoms with Crippen molar-refractivity contribution in [1.29, 1.82) is 0 Å². The highest BCUT2D eigenvalue weighted by Crippen LogP contribution is 2.35. The maximum absolute atomic E-state index is 2.36. The number of hydrogen-bond acceptors (Lipinski definition) is 1. The maximum Gasteiger partial charge on any atom is 0.0542 e. The van der Waals surface area contributed by atoms with E-state index in [1.54, 1.807) is 0 Å². The first-order chi connectivity index (χ1) is 15.1. The van der Waals surface area contributed by atoms with Crippen molar-refractivity contribution in [3.63, 3.8) is 0 Å². The minimum atomic E-state index is 0.490. The van der Waals surface area contributed by atoms with Crippen LogP contribution in [0.3, 0.4) is 0 Å². The molecule has 0 bridgehead atoms. The highest BCUT2D eigenvalue weighted by molar-refractivity contribution is 5.97. The molecule has 4 rings (SSSR count). The van der Waals surface area contributed by atoms with E-state index in [-0.39, 0.29) is 0 Å². The predicted molar refractivity (Wildman–Crippen MR) is 136 cm³/mol. The quantitative estimate of drug-likeness (QED) is 0.314.